The van der Waals surface area contributed by atoms with Crippen LogP contribution in [0.15, 0.2) is 30.3 Å². The first-order valence-corrected chi connectivity index (χ1v) is 7.06. The van der Waals surface area contributed by atoms with Gasteiger partial charge in [-0.3, -0.25) is 4.79 Å². The van der Waals surface area contributed by atoms with E-state index in [1.807, 2.05) is 30.3 Å². The standard InChI is InChI=1S/C10H12BrOS/c1-13(8-11)7-10(12)9-5-3-2-4-6-9/h2-6H,7-8H2,1H3/q+1. The minimum Gasteiger partial charge on any atom is -0.289 e. The van der Waals surface area contributed by atoms with Crippen LogP contribution in [0, 0.1) is 0 Å². The summed E-state index contributed by atoms with van der Waals surface area (Å²) in [6.07, 6.45) is 2.09. The normalized spacial score (nSPS) is 12.5. The molecule has 0 saturated carbocycles. The van der Waals surface area contributed by atoms with Gasteiger partial charge in [-0.05, 0) is 15.9 Å². The summed E-state index contributed by atoms with van der Waals surface area (Å²) in [5.74, 6) is 0.890. The van der Waals surface area contributed by atoms with Gasteiger partial charge in [0.25, 0.3) is 0 Å². The fourth-order valence-corrected chi connectivity index (χ4v) is 2.15. The van der Waals surface area contributed by atoms with Gasteiger partial charge < -0.3 is 0 Å². The molecule has 70 valence electrons. The first-order valence-electron chi connectivity index (χ1n) is 3.97. The molecule has 0 amide bonds. The monoisotopic (exact) mass is 259 g/mol. The predicted molar refractivity (Wildman–Crippen MR) is 62.7 cm³/mol. The number of carbonyl (C=O) groups is 1. The Hall–Kier alpha value is -0.280. The van der Waals surface area contributed by atoms with Crippen molar-refractivity contribution in [3.05, 3.63) is 35.9 Å². The summed E-state index contributed by atoms with van der Waals surface area (Å²) in [5.41, 5.74) is 0.822. The largest absolute Gasteiger partial charge is 0.289 e. The maximum atomic E-state index is 11.6. The highest BCUT2D eigenvalue weighted by Gasteiger charge is 2.16. The van der Waals surface area contributed by atoms with Crippen molar-refractivity contribution in [1.29, 1.82) is 0 Å². The SMILES string of the molecule is C[S+](CBr)CC(=O)c1ccccc1. The molecule has 0 heterocycles. The highest BCUT2D eigenvalue weighted by Crippen LogP contribution is 2.04. The van der Waals surface area contributed by atoms with Gasteiger partial charge in [-0.1, -0.05) is 30.3 Å². The van der Waals surface area contributed by atoms with E-state index in [9.17, 15) is 4.79 Å². The van der Waals surface area contributed by atoms with E-state index >= 15 is 0 Å². The predicted octanol–water partition coefficient (Wildman–Crippen LogP) is 2.47. The molecular formula is C10H12BrOS+. The molecule has 1 aromatic rings. The molecule has 0 aliphatic heterocycles. The second-order valence-corrected chi connectivity index (χ2v) is 6.27. The van der Waals surface area contributed by atoms with Crippen LogP contribution >= 0.6 is 15.9 Å². The van der Waals surface area contributed by atoms with Crippen LogP contribution in [-0.2, 0) is 10.9 Å². The molecule has 3 heteroatoms. The molecule has 1 nitrogen and oxygen atoms in total. The summed E-state index contributed by atoms with van der Waals surface area (Å²) in [7, 11) is 0.160. The summed E-state index contributed by atoms with van der Waals surface area (Å²) < 4.78 is 0.908. The lowest BCUT2D eigenvalue weighted by atomic mass is 10.2. The Balaban J connectivity index is 2.59. The molecule has 0 bridgehead atoms. The van der Waals surface area contributed by atoms with Crippen LogP contribution in [0.3, 0.4) is 0 Å². The average molecular weight is 260 g/mol. The van der Waals surface area contributed by atoms with Crippen molar-refractivity contribution in [2.24, 2.45) is 0 Å². The van der Waals surface area contributed by atoms with Crippen molar-refractivity contribution in [2.45, 2.75) is 0 Å². The van der Waals surface area contributed by atoms with Crippen molar-refractivity contribution >= 4 is 32.6 Å². The van der Waals surface area contributed by atoms with E-state index in [0.29, 0.717) is 5.75 Å². The third-order valence-electron chi connectivity index (χ3n) is 1.66. The summed E-state index contributed by atoms with van der Waals surface area (Å²) >= 11 is 3.38. The Bertz CT molecular complexity index is 274. The molecule has 0 radical (unpaired) electrons. The molecule has 0 saturated heterocycles. The van der Waals surface area contributed by atoms with Crippen molar-refractivity contribution < 1.29 is 4.79 Å². The molecule has 0 N–H and O–H groups in total. The Kier molecular flexibility index (Phi) is 4.53. The lowest BCUT2D eigenvalue weighted by molar-refractivity contribution is 0.102. The second-order valence-electron chi connectivity index (χ2n) is 2.82. The summed E-state index contributed by atoms with van der Waals surface area (Å²) in [4.78, 5) is 11.6. The van der Waals surface area contributed by atoms with E-state index in [0.717, 1.165) is 10.2 Å². The number of hydrogen-bond donors (Lipinski definition) is 0. The van der Waals surface area contributed by atoms with Gasteiger partial charge in [-0.15, -0.1) is 0 Å². The van der Waals surface area contributed by atoms with Crippen LogP contribution < -0.4 is 0 Å². The van der Waals surface area contributed by atoms with Gasteiger partial charge in [0.05, 0.1) is 6.26 Å². The molecule has 1 aromatic carbocycles. The van der Waals surface area contributed by atoms with E-state index in [4.69, 9.17) is 0 Å². The van der Waals surface area contributed by atoms with Gasteiger partial charge in [0.15, 0.2) is 10.4 Å². The topological polar surface area (TPSA) is 17.1 Å². The van der Waals surface area contributed by atoms with Gasteiger partial charge in [0, 0.05) is 16.5 Å². The zero-order valence-electron chi connectivity index (χ0n) is 7.50. The lowest BCUT2D eigenvalue weighted by Gasteiger charge is -1.99. The fourth-order valence-electron chi connectivity index (χ4n) is 0.970. The third-order valence-corrected chi connectivity index (χ3v) is 5.13. The summed E-state index contributed by atoms with van der Waals surface area (Å²) in [5, 5.41) is 0. The first kappa shape index (κ1) is 10.8. The van der Waals surface area contributed by atoms with Crippen LogP contribution in [0.1, 0.15) is 10.4 Å². The zero-order valence-corrected chi connectivity index (χ0v) is 9.90. The summed E-state index contributed by atoms with van der Waals surface area (Å²) in [6, 6.07) is 9.46. The zero-order chi connectivity index (χ0) is 9.68. The van der Waals surface area contributed by atoms with Crippen LogP contribution in [0.2, 0.25) is 0 Å². The number of carbonyl (C=O) groups excluding carboxylic acids is 1. The number of rotatable bonds is 4. The fraction of sp³-hybridized carbons (Fsp3) is 0.300. The Morgan fingerprint density at radius 1 is 1.38 bits per heavy atom. The van der Waals surface area contributed by atoms with E-state index in [1.54, 1.807) is 0 Å². The van der Waals surface area contributed by atoms with E-state index in [1.165, 1.54) is 0 Å². The number of Topliss-reactive ketones (excluding diaryl/α,β-unsaturated/α-hetero) is 1. The highest BCUT2D eigenvalue weighted by molar-refractivity contribution is 9.10. The third kappa shape index (κ3) is 3.53. The van der Waals surface area contributed by atoms with E-state index in [-0.39, 0.29) is 16.7 Å². The highest BCUT2D eigenvalue weighted by atomic mass is 79.9. The van der Waals surface area contributed by atoms with Gasteiger partial charge in [0.1, 0.15) is 0 Å². The molecule has 1 atom stereocenters. The van der Waals surface area contributed by atoms with Crippen LogP contribution in [0.25, 0.3) is 0 Å². The number of alkyl halides is 1. The quantitative estimate of drug-likeness (QED) is 0.462. The minimum absolute atomic E-state index is 0.160. The van der Waals surface area contributed by atoms with Crippen LogP contribution in [0.5, 0.6) is 0 Å². The molecule has 1 unspecified atom stereocenters. The minimum atomic E-state index is 0.160. The number of halogens is 1. The Labute approximate surface area is 90.0 Å². The van der Waals surface area contributed by atoms with E-state index < -0.39 is 0 Å². The van der Waals surface area contributed by atoms with Crippen molar-refractivity contribution in [3.8, 4) is 0 Å². The van der Waals surface area contributed by atoms with Gasteiger partial charge in [-0.2, -0.15) is 0 Å². The van der Waals surface area contributed by atoms with Gasteiger partial charge in [0.2, 0.25) is 5.78 Å². The molecule has 0 aliphatic rings. The molecular weight excluding hydrogens is 248 g/mol. The van der Waals surface area contributed by atoms with Crippen molar-refractivity contribution in [3.63, 3.8) is 0 Å². The summed E-state index contributed by atoms with van der Waals surface area (Å²) in [6.45, 7) is 0. The molecule has 0 aromatic heterocycles. The maximum absolute atomic E-state index is 11.6. The van der Waals surface area contributed by atoms with Crippen molar-refractivity contribution in [1.82, 2.24) is 0 Å². The van der Waals surface area contributed by atoms with Crippen LogP contribution in [-0.4, -0.2) is 22.5 Å². The molecule has 0 aliphatic carbocycles. The molecule has 0 spiro atoms. The molecule has 0 fully saturated rings. The Morgan fingerprint density at radius 2 is 2.00 bits per heavy atom. The van der Waals surface area contributed by atoms with Crippen molar-refractivity contribution in [2.75, 3.05) is 16.7 Å². The maximum Gasteiger partial charge on any atom is 0.211 e. The number of benzene rings is 1. The molecule has 13 heavy (non-hydrogen) atoms. The van der Waals surface area contributed by atoms with Gasteiger partial charge in [-0.25, -0.2) is 0 Å². The smallest absolute Gasteiger partial charge is 0.211 e. The van der Waals surface area contributed by atoms with Gasteiger partial charge >= 0.3 is 0 Å². The van der Waals surface area contributed by atoms with E-state index in [2.05, 4.69) is 22.2 Å². The number of hydrogen-bond acceptors (Lipinski definition) is 1. The van der Waals surface area contributed by atoms with Crippen LogP contribution in [0.4, 0.5) is 0 Å². The number of ketones is 1. The lowest BCUT2D eigenvalue weighted by Crippen LogP contribution is -2.15. The first-order chi connectivity index (χ1) is 6.24. The molecule has 1 rings (SSSR count). The Morgan fingerprint density at radius 3 is 2.54 bits per heavy atom. The second kappa shape index (κ2) is 5.45. The average Bonchev–Trinajstić information content (AvgIpc) is 2.19.